The van der Waals surface area contributed by atoms with Crippen molar-refractivity contribution in [2.24, 2.45) is 0 Å². The maximum absolute atomic E-state index is 12.7. The van der Waals surface area contributed by atoms with Gasteiger partial charge in [0.1, 0.15) is 0 Å². The quantitative estimate of drug-likeness (QED) is 0.517. The number of rotatable bonds is 9. The van der Waals surface area contributed by atoms with Gasteiger partial charge in [-0.05, 0) is 53.8 Å². The molecule has 0 atom stereocenters. The standard InChI is InChI=1S/C26H28N2O4S/c29-26(22-12-14-25(15-13-22)33(30,31)28-16-6-7-17-28)27-18-23-10-4-5-11-24(23)20-32-19-21-8-2-1-3-9-21/h1-5,8-15H,6-7,16-20H2,(H,27,29). The highest BCUT2D eigenvalue weighted by Crippen LogP contribution is 2.21. The van der Waals surface area contributed by atoms with E-state index in [4.69, 9.17) is 4.74 Å². The van der Waals surface area contributed by atoms with Crippen molar-refractivity contribution in [3.63, 3.8) is 0 Å². The van der Waals surface area contributed by atoms with Gasteiger partial charge in [-0.1, -0.05) is 54.6 Å². The minimum Gasteiger partial charge on any atom is -0.372 e. The average Bonchev–Trinajstić information content (AvgIpc) is 3.40. The summed E-state index contributed by atoms with van der Waals surface area (Å²) in [7, 11) is -3.48. The molecule has 1 N–H and O–H groups in total. The van der Waals surface area contributed by atoms with E-state index >= 15 is 0 Å². The minimum absolute atomic E-state index is 0.224. The van der Waals surface area contributed by atoms with E-state index in [2.05, 4.69) is 5.32 Å². The van der Waals surface area contributed by atoms with Crippen LogP contribution in [0.1, 0.15) is 39.9 Å². The summed E-state index contributed by atoms with van der Waals surface area (Å²) < 4.78 is 32.7. The molecule has 0 saturated carbocycles. The van der Waals surface area contributed by atoms with E-state index in [-0.39, 0.29) is 10.8 Å². The van der Waals surface area contributed by atoms with Gasteiger partial charge in [0, 0.05) is 25.2 Å². The van der Waals surface area contributed by atoms with Crippen LogP contribution in [0.2, 0.25) is 0 Å². The van der Waals surface area contributed by atoms with Gasteiger partial charge in [0.15, 0.2) is 0 Å². The topological polar surface area (TPSA) is 75.7 Å². The third-order valence-corrected chi connectivity index (χ3v) is 7.66. The van der Waals surface area contributed by atoms with Crippen LogP contribution in [0.3, 0.4) is 0 Å². The van der Waals surface area contributed by atoms with Crippen molar-refractivity contribution in [3.8, 4) is 0 Å². The molecule has 172 valence electrons. The Kier molecular flexibility index (Phi) is 7.54. The summed E-state index contributed by atoms with van der Waals surface area (Å²) >= 11 is 0. The van der Waals surface area contributed by atoms with Crippen LogP contribution in [0.15, 0.2) is 83.8 Å². The zero-order chi connectivity index (χ0) is 23.1. The Morgan fingerprint density at radius 2 is 1.45 bits per heavy atom. The van der Waals surface area contributed by atoms with Crippen LogP contribution in [0.25, 0.3) is 0 Å². The third kappa shape index (κ3) is 5.87. The zero-order valence-electron chi connectivity index (χ0n) is 18.4. The van der Waals surface area contributed by atoms with Crippen LogP contribution < -0.4 is 5.32 Å². The molecule has 0 aromatic heterocycles. The lowest BCUT2D eigenvalue weighted by atomic mass is 10.1. The molecule has 0 spiro atoms. The molecule has 1 amide bonds. The molecule has 33 heavy (non-hydrogen) atoms. The largest absolute Gasteiger partial charge is 0.372 e. The third-order valence-electron chi connectivity index (χ3n) is 5.75. The van der Waals surface area contributed by atoms with Gasteiger partial charge in [0.2, 0.25) is 10.0 Å². The molecule has 1 saturated heterocycles. The lowest BCUT2D eigenvalue weighted by Gasteiger charge is -2.15. The van der Waals surface area contributed by atoms with Gasteiger partial charge < -0.3 is 10.1 Å². The molecule has 6 nitrogen and oxygen atoms in total. The van der Waals surface area contributed by atoms with Crippen molar-refractivity contribution >= 4 is 15.9 Å². The van der Waals surface area contributed by atoms with E-state index < -0.39 is 10.0 Å². The molecule has 0 unspecified atom stereocenters. The number of nitrogens with zero attached hydrogens (tertiary/aromatic N) is 1. The molecule has 1 aliphatic heterocycles. The first-order valence-corrected chi connectivity index (χ1v) is 12.5. The summed E-state index contributed by atoms with van der Waals surface area (Å²) in [5, 5.41) is 2.92. The Morgan fingerprint density at radius 3 is 2.15 bits per heavy atom. The maximum Gasteiger partial charge on any atom is 0.251 e. The van der Waals surface area contributed by atoms with Crippen molar-refractivity contribution in [1.82, 2.24) is 9.62 Å². The molecule has 1 fully saturated rings. The number of nitrogens with one attached hydrogen (secondary N) is 1. The minimum atomic E-state index is -3.48. The Balaban J connectivity index is 1.34. The van der Waals surface area contributed by atoms with Crippen molar-refractivity contribution in [2.75, 3.05) is 13.1 Å². The second-order valence-electron chi connectivity index (χ2n) is 8.07. The van der Waals surface area contributed by atoms with Gasteiger partial charge in [-0.3, -0.25) is 4.79 Å². The first-order chi connectivity index (χ1) is 16.0. The molecule has 0 bridgehead atoms. The van der Waals surface area contributed by atoms with Gasteiger partial charge >= 0.3 is 0 Å². The monoisotopic (exact) mass is 464 g/mol. The van der Waals surface area contributed by atoms with Crippen molar-refractivity contribution < 1.29 is 17.9 Å². The molecule has 0 radical (unpaired) electrons. The zero-order valence-corrected chi connectivity index (χ0v) is 19.3. The smallest absolute Gasteiger partial charge is 0.251 e. The molecule has 0 aliphatic carbocycles. The van der Waals surface area contributed by atoms with Crippen LogP contribution in [0.5, 0.6) is 0 Å². The number of carbonyl (C=O) groups is 1. The van der Waals surface area contributed by atoms with Gasteiger partial charge in [0.05, 0.1) is 18.1 Å². The van der Waals surface area contributed by atoms with E-state index in [1.54, 1.807) is 12.1 Å². The molecular formula is C26H28N2O4S. The van der Waals surface area contributed by atoms with E-state index in [1.165, 1.54) is 16.4 Å². The molecule has 3 aromatic rings. The lowest BCUT2D eigenvalue weighted by Crippen LogP contribution is -2.28. The second kappa shape index (κ2) is 10.7. The van der Waals surface area contributed by atoms with E-state index in [0.29, 0.717) is 38.4 Å². The Hall–Kier alpha value is -3.00. The van der Waals surface area contributed by atoms with E-state index in [1.807, 2.05) is 54.6 Å². The van der Waals surface area contributed by atoms with Gasteiger partial charge in [-0.15, -0.1) is 0 Å². The van der Waals surface area contributed by atoms with Gasteiger partial charge in [-0.25, -0.2) is 8.42 Å². The number of hydrogen-bond donors (Lipinski definition) is 1. The fourth-order valence-corrected chi connectivity index (χ4v) is 5.37. The number of hydrogen-bond acceptors (Lipinski definition) is 4. The summed E-state index contributed by atoms with van der Waals surface area (Å²) in [6, 6.07) is 24.0. The number of benzene rings is 3. The highest BCUT2D eigenvalue weighted by molar-refractivity contribution is 7.89. The second-order valence-corrected chi connectivity index (χ2v) is 10.0. The predicted molar refractivity (Wildman–Crippen MR) is 127 cm³/mol. The average molecular weight is 465 g/mol. The molecule has 1 heterocycles. The number of sulfonamides is 1. The van der Waals surface area contributed by atoms with Crippen LogP contribution >= 0.6 is 0 Å². The highest BCUT2D eigenvalue weighted by atomic mass is 32.2. The number of ether oxygens (including phenoxy) is 1. The molecule has 3 aromatic carbocycles. The van der Waals surface area contributed by atoms with Crippen LogP contribution in [-0.4, -0.2) is 31.7 Å². The van der Waals surface area contributed by atoms with Crippen LogP contribution in [0.4, 0.5) is 0 Å². The highest BCUT2D eigenvalue weighted by Gasteiger charge is 2.27. The first kappa shape index (κ1) is 23.2. The fraction of sp³-hybridized carbons (Fsp3) is 0.269. The van der Waals surface area contributed by atoms with Crippen LogP contribution in [-0.2, 0) is 34.5 Å². The first-order valence-electron chi connectivity index (χ1n) is 11.1. The van der Waals surface area contributed by atoms with Crippen LogP contribution in [0, 0.1) is 0 Å². The summed E-state index contributed by atoms with van der Waals surface area (Å²) in [4.78, 5) is 12.9. The van der Waals surface area contributed by atoms with Crippen molar-refractivity contribution in [2.45, 2.75) is 37.5 Å². The predicted octanol–water partition coefficient (Wildman–Crippen LogP) is 4.12. The summed E-state index contributed by atoms with van der Waals surface area (Å²) in [6.07, 6.45) is 1.77. The maximum atomic E-state index is 12.7. The normalized spacial score (nSPS) is 14.3. The van der Waals surface area contributed by atoms with Gasteiger partial charge in [0.25, 0.3) is 5.91 Å². The SMILES string of the molecule is O=C(NCc1ccccc1COCc1ccccc1)c1ccc(S(=O)(=O)N2CCCC2)cc1. The molecule has 7 heteroatoms. The van der Waals surface area contributed by atoms with E-state index in [0.717, 1.165) is 29.5 Å². The molecule has 1 aliphatic rings. The summed E-state index contributed by atoms with van der Waals surface area (Å²) in [5.41, 5.74) is 3.53. The fourth-order valence-electron chi connectivity index (χ4n) is 3.86. The van der Waals surface area contributed by atoms with Crippen molar-refractivity contribution in [1.29, 1.82) is 0 Å². The van der Waals surface area contributed by atoms with Crippen molar-refractivity contribution in [3.05, 3.63) is 101 Å². The molecular weight excluding hydrogens is 436 g/mol. The summed E-state index contributed by atoms with van der Waals surface area (Å²) in [6.45, 7) is 2.44. The summed E-state index contributed by atoms with van der Waals surface area (Å²) in [5.74, 6) is -0.250. The number of amides is 1. The lowest BCUT2D eigenvalue weighted by molar-refractivity contribution is 0.0947. The number of carbonyl (C=O) groups excluding carboxylic acids is 1. The van der Waals surface area contributed by atoms with E-state index in [9.17, 15) is 13.2 Å². The molecule has 4 rings (SSSR count). The van der Waals surface area contributed by atoms with Gasteiger partial charge in [-0.2, -0.15) is 4.31 Å². The Labute approximate surface area is 195 Å². The Bertz CT molecular complexity index is 1170. The Morgan fingerprint density at radius 1 is 0.818 bits per heavy atom.